The van der Waals surface area contributed by atoms with Gasteiger partial charge in [-0.3, -0.25) is 4.79 Å². The van der Waals surface area contributed by atoms with E-state index in [1.807, 2.05) is 36.4 Å². The number of nitrogens with one attached hydrogen (secondary N) is 1. The summed E-state index contributed by atoms with van der Waals surface area (Å²) in [7, 11) is 0. The Kier molecular flexibility index (Phi) is 3.98. The van der Waals surface area contributed by atoms with Gasteiger partial charge in [0.2, 0.25) is 0 Å². The van der Waals surface area contributed by atoms with Crippen LogP contribution in [0.4, 0.5) is 5.69 Å². The average Bonchev–Trinajstić information content (AvgIpc) is 2.46. The first-order chi connectivity index (χ1) is 9.50. The zero-order valence-electron chi connectivity index (χ0n) is 12.4. The summed E-state index contributed by atoms with van der Waals surface area (Å²) in [5.74, 6) is -0.390. The summed E-state index contributed by atoms with van der Waals surface area (Å²) >= 11 is 0. The fraction of sp³-hybridized carbons (Fsp3) is 0.353. The predicted octanol–water partition coefficient (Wildman–Crippen LogP) is 3.93. The Labute approximate surface area is 120 Å². The van der Waals surface area contributed by atoms with E-state index in [-0.39, 0.29) is 11.4 Å². The largest absolute Gasteiger partial charge is 0.379 e. The first-order valence-electron chi connectivity index (χ1n) is 7.10. The van der Waals surface area contributed by atoms with E-state index < -0.39 is 0 Å². The SMILES string of the molecule is CCC(C)(CC)Nc1ccc2ccccc2c1C(N)=O. The molecular formula is C17H22N2O. The molecule has 3 N–H and O–H groups in total. The van der Waals surface area contributed by atoms with Gasteiger partial charge >= 0.3 is 0 Å². The molecule has 20 heavy (non-hydrogen) atoms. The van der Waals surface area contributed by atoms with Gasteiger partial charge in [-0.25, -0.2) is 0 Å². The van der Waals surface area contributed by atoms with Gasteiger partial charge in [0, 0.05) is 11.2 Å². The third kappa shape index (κ3) is 2.62. The number of hydrogen-bond acceptors (Lipinski definition) is 2. The number of hydrogen-bond donors (Lipinski definition) is 2. The summed E-state index contributed by atoms with van der Waals surface area (Å²) < 4.78 is 0. The van der Waals surface area contributed by atoms with E-state index in [1.165, 1.54) is 0 Å². The van der Waals surface area contributed by atoms with E-state index in [9.17, 15) is 4.79 Å². The second kappa shape index (κ2) is 5.53. The summed E-state index contributed by atoms with van der Waals surface area (Å²) in [6, 6.07) is 11.8. The summed E-state index contributed by atoms with van der Waals surface area (Å²) in [4.78, 5) is 11.9. The third-order valence-corrected chi connectivity index (χ3v) is 4.17. The molecule has 0 aromatic heterocycles. The van der Waals surface area contributed by atoms with Crippen molar-refractivity contribution in [2.75, 3.05) is 5.32 Å². The lowest BCUT2D eigenvalue weighted by Gasteiger charge is -2.30. The highest BCUT2D eigenvalue weighted by Gasteiger charge is 2.22. The molecule has 0 unspecified atom stereocenters. The van der Waals surface area contributed by atoms with E-state index in [0.717, 1.165) is 29.3 Å². The van der Waals surface area contributed by atoms with Crippen LogP contribution in [-0.2, 0) is 0 Å². The summed E-state index contributed by atoms with van der Waals surface area (Å²) in [6.07, 6.45) is 1.96. The standard InChI is InChI=1S/C17H22N2O/c1-4-17(3,5-2)19-14-11-10-12-8-6-7-9-13(12)15(14)16(18)20/h6-11,19H,4-5H2,1-3H3,(H2,18,20). The number of carbonyl (C=O) groups is 1. The number of nitrogens with two attached hydrogens (primary N) is 1. The normalized spacial score (nSPS) is 11.6. The molecule has 1 amide bonds. The van der Waals surface area contributed by atoms with Crippen molar-refractivity contribution in [2.24, 2.45) is 5.73 Å². The maximum atomic E-state index is 11.9. The second-order valence-corrected chi connectivity index (χ2v) is 5.47. The van der Waals surface area contributed by atoms with Crippen LogP contribution in [0.3, 0.4) is 0 Å². The molecule has 0 saturated carbocycles. The zero-order valence-corrected chi connectivity index (χ0v) is 12.4. The molecule has 0 heterocycles. The van der Waals surface area contributed by atoms with Crippen LogP contribution in [0, 0.1) is 0 Å². The van der Waals surface area contributed by atoms with Gasteiger partial charge in [0.15, 0.2) is 0 Å². The molecule has 0 aliphatic carbocycles. The van der Waals surface area contributed by atoms with Crippen LogP contribution < -0.4 is 11.1 Å². The van der Waals surface area contributed by atoms with Gasteiger partial charge in [-0.1, -0.05) is 44.2 Å². The van der Waals surface area contributed by atoms with Gasteiger partial charge in [-0.05, 0) is 36.6 Å². The minimum atomic E-state index is -0.390. The van der Waals surface area contributed by atoms with Gasteiger partial charge in [-0.2, -0.15) is 0 Å². The van der Waals surface area contributed by atoms with Crippen molar-refractivity contribution in [3.05, 3.63) is 42.0 Å². The monoisotopic (exact) mass is 270 g/mol. The van der Waals surface area contributed by atoms with Gasteiger partial charge in [0.1, 0.15) is 0 Å². The molecule has 0 fully saturated rings. The van der Waals surface area contributed by atoms with E-state index in [4.69, 9.17) is 5.73 Å². The van der Waals surface area contributed by atoms with Crippen LogP contribution in [0.25, 0.3) is 10.8 Å². The van der Waals surface area contributed by atoms with Crippen molar-refractivity contribution in [3.8, 4) is 0 Å². The van der Waals surface area contributed by atoms with Crippen LogP contribution in [0.2, 0.25) is 0 Å². The molecule has 0 radical (unpaired) electrons. The fourth-order valence-electron chi connectivity index (χ4n) is 2.39. The molecule has 106 valence electrons. The molecule has 0 aliphatic rings. The molecule has 3 heteroatoms. The lowest BCUT2D eigenvalue weighted by atomic mass is 9.93. The van der Waals surface area contributed by atoms with E-state index in [0.29, 0.717) is 5.56 Å². The Morgan fingerprint density at radius 2 is 1.80 bits per heavy atom. The van der Waals surface area contributed by atoms with Crippen molar-refractivity contribution >= 4 is 22.4 Å². The molecule has 3 nitrogen and oxygen atoms in total. The molecule has 0 spiro atoms. The highest BCUT2D eigenvalue weighted by Crippen LogP contribution is 2.29. The van der Waals surface area contributed by atoms with Gasteiger partial charge in [0.05, 0.1) is 5.56 Å². The number of amides is 1. The molecular weight excluding hydrogens is 248 g/mol. The quantitative estimate of drug-likeness (QED) is 0.865. The molecule has 2 aromatic rings. The van der Waals surface area contributed by atoms with Crippen molar-refractivity contribution < 1.29 is 4.79 Å². The smallest absolute Gasteiger partial charge is 0.251 e. The summed E-state index contributed by atoms with van der Waals surface area (Å²) in [5.41, 5.74) is 6.97. The number of primary amides is 1. The number of carbonyl (C=O) groups excluding carboxylic acids is 1. The summed E-state index contributed by atoms with van der Waals surface area (Å²) in [6.45, 7) is 6.44. The van der Waals surface area contributed by atoms with Crippen molar-refractivity contribution in [3.63, 3.8) is 0 Å². The predicted molar refractivity (Wildman–Crippen MR) is 85.1 cm³/mol. The number of benzene rings is 2. The molecule has 0 aliphatic heterocycles. The highest BCUT2D eigenvalue weighted by atomic mass is 16.1. The van der Waals surface area contributed by atoms with E-state index in [2.05, 4.69) is 26.1 Å². The minimum absolute atomic E-state index is 0.0351. The zero-order chi connectivity index (χ0) is 14.8. The first-order valence-corrected chi connectivity index (χ1v) is 7.10. The Morgan fingerprint density at radius 1 is 1.15 bits per heavy atom. The Bertz CT molecular complexity index is 630. The van der Waals surface area contributed by atoms with Crippen LogP contribution in [0.1, 0.15) is 44.0 Å². The number of fused-ring (bicyclic) bond motifs is 1. The fourth-order valence-corrected chi connectivity index (χ4v) is 2.39. The second-order valence-electron chi connectivity index (χ2n) is 5.47. The van der Waals surface area contributed by atoms with Crippen molar-refractivity contribution in [1.82, 2.24) is 0 Å². The Morgan fingerprint density at radius 3 is 2.40 bits per heavy atom. The van der Waals surface area contributed by atoms with Crippen molar-refractivity contribution in [2.45, 2.75) is 39.2 Å². The molecule has 0 saturated heterocycles. The average molecular weight is 270 g/mol. The third-order valence-electron chi connectivity index (χ3n) is 4.17. The highest BCUT2D eigenvalue weighted by molar-refractivity contribution is 6.11. The van der Waals surface area contributed by atoms with E-state index >= 15 is 0 Å². The Balaban J connectivity index is 2.59. The lowest BCUT2D eigenvalue weighted by molar-refractivity contribution is 0.100. The summed E-state index contributed by atoms with van der Waals surface area (Å²) in [5, 5.41) is 5.43. The lowest BCUT2D eigenvalue weighted by Crippen LogP contribution is -2.34. The van der Waals surface area contributed by atoms with Crippen LogP contribution >= 0.6 is 0 Å². The van der Waals surface area contributed by atoms with Gasteiger partial charge < -0.3 is 11.1 Å². The first kappa shape index (κ1) is 14.4. The molecule has 0 bridgehead atoms. The van der Waals surface area contributed by atoms with E-state index in [1.54, 1.807) is 0 Å². The van der Waals surface area contributed by atoms with Crippen molar-refractivity contribution in [1.29, 1.82) is 0 Å². The molecule has 2 rings (SSSR count). The Hall–Kier alpha value is -2.03. The van der Waals surface area contributed by atoms with Crippen LogP contribution in [0.15, 0.2) is 36.4 Å². The maximum Gasteiger partial charge on any atom is 0.251 e. The molecule has 0 atom stereocenters. The number of anilines is 1. The number of rotatable bonds is 5. The van der Waals surface area contributed by atoms with Crippen LogP contribution in [0.5, 0.6) is 0 Å². The van der Waals surface area contributed by atoms with Gasteiger partial charge in [0.25, 0.3) is 5.91 Å². The maximum absolute atomic E-state index is 11.9. The van der Waals surface area contributed by atoms with Gasteiger partial charge in [-0.15, -0.1) is 0 Å². The minimum Gasteiger partial charge on any atom is -0.379 e. The molecule has 2 aromatic carbocycles. The topological polar surface area (TPSA) is 55.1 Å². The van der Waals surface area contributed by atoms with Crippen LogP contribution in [-0.4, -0.2) is 11.4 Å².